The first-order valence-electron chi connectivity index (χ1n) is 28.7. The summed E-state index contributed by atoms with van der Waals surface area (Å²) < 4.78 is 0. The van der Waals surface area contributed by atoms with E-state index in [-0.39, 0.29) is 5.41 Å². The van der Waals surface area contributed by atoms with Crippen molar-refractivity contribution in [3.63, 3.8) is 0 Å². The predicted octanol–water partition coefficient (Wildman–Crippen LogP) is 20.5. The quantitative estimate of drug-likeness (QED) is 0.142. The van der Waals surface area contributed by atoms with Crippen LogP contribution in [0.4, 0.5) is 34.1 Å². The van der Waals surface area contributed by atoms with Crippen molar-refractivity contribution in [3.05, 3.63) is 300 Å². The number of hydrogen-bond acceptors (Lipinski definition) is 2. The highest BCUT2D eigenvalue weighted by molar-refractivity contribution is 6.04. The molecule has 4 unspecified atom stereocenters. The number of rotatable bonds is 9. The molecule has 79 heavy (non-hydrogen) atoms. The zero-order valence-corrected chi connectivity index (χ0v) is 44.8. The van der Waals surface area contributed by atoms with Gasteiger partial charge in [0.1, 0.15) is 0 Å². The molecule has 0 radical (unpaired) electrons. The number of benzene rings is 11. The van der Waals surface area contributed by atoms with Crippen molar-refractivity contribution in [1.29, 1.82) is 0 Å². The van der Waals surface area contributed by atoms with Crippen molar-refractivity contribution in [2.24, 2.45) is 11.8 Å². The number of hydrogen-bond donors (Lipinski definition) is 0. The van der Waals surface area contributed by atoms with Crippen molar-refractivity contribution < 1.29 is 0 Å². The first-order valence-corrected chi connectivity index (χ1v) is 28.7. The van der Waals surface area contributed by atoms with Crippen LogP contribution in [0.25, 0.3) is 55.6 Å². The van der Waals surface area contributed by atoms with Crippen LogP contribution in [0.5, 0.6) is 0 Å². The van der Waals surface area contributed by atoms with Gasteiger partial charge in [0.15, 0.2) is 0 Å². The number of fused-ring (bicyclic) bond motifs is 15. The second-order valence-corrected chi connectivity index (χ2v) is 23.5. The van der Waals surface area contributed by atoms with E-state index < -0.39 is 5.41 Å². The normalized spacial score (nSPS) is 19.1. The van der Waals surface area contributed by atoms with Gasteiger partial charge in [0, 0.05) is 39.3 Å². The average molecular weight is 1010 g/mol. The van der Waals surface area contributed by atoms with Gasteiger partial charge in [-0.25, -0.2) is 0 Å². The summed E-state index contributed by atoms with van der Waals surface area (Å²) in [7, 11) is 0. The first-order chi connectivity index (χ1) is 38.9. The van der Waals surface area contributed by atoms with Gasteiger partial charge in [0.2, 0.25) is 0 Å². The Morgan fingerprint density at radius 3 is 1.44 bits per heavy atom. The number of anilines is 6. The third-order valence-electron chi connectivity index (χ3n) is 19.1. The van der Waals surface area contributed by atoms with Crippen LogP contribution in [0.1, 0.15) is 84.4 Å². The third-order valence-corrected chi connectivity index (χ3v) is 19.1. The number of nitrogens with zero attached hydrogens (tertiary/aromatic N) is 2. The SMILES string of the molecule is CC1(C)c2ccccc2-c2cc(N(c3ccccc3)c3cc(-c4ccc(C5CC6CCC5C6)cc4)cc4c3C3(c5ccccc5-c5cc(N(c6ccccc6)c6ccccc6)c(-c6ccccc6)cc53)c3ccccc3-4)ccc21. The van der Waals surface area contributed by atoms with Crippen molar-refractivity contribution in [2.75, 3.05) is 9.80 Å². The highest BCUT2D eigenvalue weighted by atomic mass is 15.2. The molecule has 2 heteroatoms. The maximum Gasteiger partial charge on any atom is 0.0746 e. The molecule has 11 aromatic rings. The molecule has 1 spiro atoms. The predicted molar refractivity (Wildman–Crippen MR) is 329 cm³/mol. The number of para-hydroxylation sites is 3. The van der Waals surface area contributed by atoms with Gasteiger partial charge in [-0.05, 0) is 193 Å². The zero-order valence-electron chi connectivity index (χ0n) is 44.8. The molecule has 0 N–H and O–H groups in total. The van der Waals surface area contributed by atoms with Gasteiger partial charge in [-0.15, -0.1) is 0 Å². The van der Waals surface area contributed by atoms with Crippen LogP contribution in [0.2, 0.25) is 0 Å². The summed E-state index contributed by atoms with van der Waals surface area (Å²) in [5.74, 6) is 2.40. The fourth-order valence-electron chi connectivity index (χ4n) is 15.7. The Kier molecular flexibility index (Phi) is 10.4. The standard InChI is InChI=1S/C77H60N2/c1-76(2)68-32-18-15-29-60(68)65-47-59(41-42-69(65)76)79(58-27-13-6-14-28-58)74-46-55(51-37-39-53(40-38-51)63-44-50-35-36-54(63)43-50)45-67-62-31-17-20-34-71(62)77(75(67)74)70-33-19-16-30-61(70)66-49-73(64(48-72(66)77)52-21-7-3-8-22-52)78(56-23-9-4-10-24-56)57-25-11-5-12-26-57/h3-34,37-42,45-50,54,63H,35-36,43-44H2,1-2H3. The van der Waals surface area contributed by atoms with Crippen molar-refractivity contribution in [3.8, 4) is 55.6 Å². The van der Waals surface area contributed by atoms with Crippen LogP contribution in [0.15, 0.2) is 261 Å². The molecule has 5 aliphatic carbocycles. The second-order valence-electron chi connectivity index (χ2n) is 23.5. The van der Waals surface area contributed by atoms with Gasteiger partial charge in [-0.1, -0.05) is 208 Å². The van der Waals surface area contributed by atoms with Crippen molar-refractivity contribution in [1.82, 2.24) is 0 Å². The Morgan fingerprint density at radius 2 is 0.848 bits per heavy atom. The van der Waals surface area contributed by atoms with Gasteiger partial charge in [0.05, 0.1) is 16.8 Å². The summed E-state index contributed by atoms with van der Waals surface area (Å²) in [6, 6.07) is 99.1. The summed E-state index contributed by atoms with van der Waals surface area (Å²) >= 11 is 0. The molecule has 11 aromatic carbocycles. The highest BCUT2D eigenvalue weighted by Gasteiger charge is 2.54. The minimum Gasteiger partial charge on any atom is -0.310 e. The van der Waals surface area contributed by atoms with Crippen molar-refractivity contribution >= 4 is 34.1 Å². The lowest BCUT2D eigenvalue weighted by atomic mass is 9.69. The Bertz CT molecular complexity index is 4140. The van der Waals surface area contributed by atoms with E-state index in [9.17, 15) is 0 Å². The molecule has 0 aromatic heterocycles. The van der Waals surface area contributed by atoms with Crippen LogP contribution in [0.3, 0.4) is 0 Å². The molecule has 0 saturated heterocycles. The summed E-state index contributed by atoms with van der Waals surface area (Å²) in [6.07, 6.45) is 5.54. The van der Waals surface area contributed by atoms with E-state index in [0.717, 1.165) is 40.3 Å². The zero-order chi connectivity index (χ0) is 52.4. The minimum absolute atomic E-state index is 0.123. The molecule has 0 aliphatic heterocycles. The first kappa shape index (κ1) is 46.1. The maximum absolute atomic E-state index is 2.60. The molecular formula is C77H60N2. The summed E-state index contributed by atoms with van der Waals surface area (Å²) in [5, 5.41) is 0. The Labute approximate surface area is 465 Å². The van der Waals surface area contributed by atoms with E-state index >= 15 is 0 Å². The fraction of sp³-hybridized carbons (Fsp3) is 0.143. The molecule has 0 amide bonds. The van der Waals surface area contributed by atoms with Crippen LogP contribution >= 0.6 is 0 Å². The lowest BCUT2D eigenvalue weighted by Crippen LogP contribution is -2.28. The smallest absolute Gasteiger partial charge is 0.0746 e. The summed E-state index contributed by atoms with van der Waals surface area (Å²) in [4.78, 5) is 5.06. The second kappa shape index (κ2) is 17.8. The molecule has 16 rings (SSSR count). The Balaban J connectivity index is 1.01. The van der Waals surface area contributed by atoms with Gasteiger partial charge in [-0.2, -0.15) is 0 Å². The summed E-state index contributed by atoms with van der Waals surface area (Å²) in [5.41, 5.74) is 28.0. The Hall–Kier alpha value is -8.98. The van der Waals surface area contributed by atoms with Crippen LogP contribution in [-0.2, 0) is 10.8 Å². The Morgan fingerprint density at radius 1 is 0.329 bits per heavy atom. The van der Waals surface area contributed by atoms with Crippen LogP contribution in [0, 0.1) is 11.8 Å². The molecule has 4 atom stereocenters. The van der Waals surface area contributed by atoms with E-state index in [1.807, 2.05) is 0 Å². The van der Waals surface area contributed by atoms with Crippen LogP contribution in [-0.4, -0.2) is 0 Å². The average Bonchev–Trinajstić information content (AvgIpc) is 4.51. The van der Waals surface area contributed by atoms with E-state index in [1.54, 1.807) is 0 Å². The largest absolute Gasteiger partial charge is 0.310 e. The lowest BCUT2D eigenvalue weighted by Gasteiger charge is -2.37. The molecule has 2 saturated carbocycles. The molecule has 0 heterocycles. The van der Waals surface area contributed by atoms with Gasteiger partial charge < -0.3 is 9.80 Å². The van der Waals surface area contributed by atoms with Gasteiger partial charge in [-0.3, -0.25) is 0 Å². The van der Waals surface area contributed by atoms with Crippen molar-refractivity contribution in [2.45, 2.75) is 56.3 Å². The maximum atomic E-state index is 2.60. The van der Waals surface area contributed by atoms with E-state index in [0.29, 0.717) is 5.92 Å². The van der Waals surface area contributed by atoms with E-state index in [4.69, 9.17) is 0 Å². The molecule has 2 fully saturated rings. The molecular weight excluding hydrogens is 953 g/mol. The fourth-order valence-corrected chi connectivity index (χ4v) is 15.7. The van der Waals surface area contributed by atoms with E-state index in [2.05, 4.69) is 285 Å². The van der Waals surface area contributed by atoms with Crippen LogP contribution < -0.4 is 9.80 Å². The molecule has 5 aliphatic rings. The minimum atomic E-state index is -0.706. The third kappa shape index (κ3) is 6.90. The molecule has 378 valence electrons. The van der Waals surface area contributed by atoms with E-state index in [1.165, 1.54) is 126 Å². The molecule has 2 nitrogen and oxygen atoms in total. The van der Waals surface area contributed by atoms with Gasteiger partial charge >= 0.3 is 0 Å². The lowest BCUT2D eigenvalue weighted by molar-refractivity contribution is 0.420. The highest BCUT2D eigenvalue weighted by Crippen LogP contribution is 2.67. The topological polar surface area (TPSA) is 6.48 Å². The monoisotopic (exact) mass is 1010 g/mol. The van der Waals surface area contributed by atoms with Gasteiger partial charge in [0.25, 0.3) is 0 Å². The summed E-state index contributed by atoms with van der Waals surface area (Å²) in [6.45, 7) is 4.77. The molecule has 2 bridgehead atoms.